The number of hydrogen-bond donors (Lipinski definition) is 0. The summed E-state index contributed by atoms with van der Waals surface area (Å²) in [5.41, 5.74) is 2.37. The molecule has 0 bridgehead atoms. The maximum atomic E-state index is 5.93. The molecule has 0 aromatic heterocycles. The van der Waals surface area contributed by atoms with E-state index in [1.807, 2.05) is 33.2 Å². The van der Waals surface area contributed by atoms with E-state index in [1.165, 1.54) is 11.3 Å². The van der Waals surface area contributed by atoms with E-state index in [1.54, 1.807) is 0 Å². The predicted octanol–water partition coefficient (Wildman–Crippen LogP) is 3.48. The third-order valence-corrected chi connectivity index (χ3v) is 2.92. The van der Waals surface area contributed by atoms with Crippen LogP contribution in [0.1, 0.15) is 5.56 Å². The van der Waals surface area contributed by atoms with Gasteiger partial charge in [-0.05, 0) is 40.5 Å². The highest BCUT2D eigenvalue weighted by Gasteiger charge is 2.04. The molecule has 0 radical (unpaired) electrons. The van der Waals surface area contributed by atoms with Crippen LogP contribution in [0.25, 0.3) is 0 Å². The summed E-state index contributed by atoms with van der Waals surface area (Å²) >= 11 is 9.32. The lowest BCUT2D eigenvalue weighted by atomic mass is 10.2. The lowest BCUT2D eigenvalue weighted by molar-refractivity contribution is 1.11. The molecule has 0 aliphatic rings. The van der Waals surface area contributed by atoms with E-state index in [4.69, 9.17) is 11.6 Å². The Morgan fingerprint density at radius 3 is 2.42 bits per heavy atom. The van der Waals surface area contributed by atoms with Crippen molar-refractivity contribution < 1.29 is 0 Å². The second-order valence-corrected chi connectivity index (χ2v) is 4.21. The first-order valence-corrected chi connectivity index (χ1v) is 4.82. The fraction of sp³-hybridized carbons (Fsp3) is 0.333. The van der Waals surface area contributed by atoms with Gasteiger partial charge in [0, 0.05) is 24.3 Å². The first-order chi connectivity index (χ1) is 5.52. The molecular formula is C9H11BrClN. The van der Waals surface area contributed by atoms with Gasteiger partial charge in [-0.2, -0.15) is 0 Å². The van der Waals surface area contributed by atoms with Crippen molar-refractivity contribution >= 4 is 33.2 Å². The molecule has 0 unspecified atom stereocenters. The minimum atomic E-state index is 0.762. The molecule has 0 aliphatic heterocycles. The fourth-order valence-electron chi connectivity index (χ4n) is 1.12. The smallest absolute Gasteiger partial charge is 0.0552 e. The van der Waals surface area contributed by atoms with Gasteiger partial charge in [-0.1, -0.05) is 11.6 Å². The molecule has 1 rings (SSSR count). The van der Waals surface area contributed by atoms with Crippen LogP contribution in [0.5, 0.6) is 0 Å². The van der Waals surface area contributed by atoms with E-state index >= 15 is 0 Å². The van der Waals surface area contributed by atoms with Crippen LogP contribution < -0.4 is 4.90 Å². The Hall–Kier alpha value is -0.210. The van der Waals surface area contributed by atoms with Gasteiger partial charge in [-0.25, -0.2) is 0 Å². The molecule has 1 aromatic carbocycles. The molecule has 0 fully saturated rings. The normalized spacial score (nSPS) is 10.1. The predicted molar refractivity (Wildman–Crippen MR) is 58.2 cm³/mol. The van der Waals surface area contributed by atoms with E-state index in [0.717, 1.165) is 9.50 Å². The van der Waals surface area contributed by atoms with Gasteiger partial charge in [0.1, 0.15) is 0 Å². The van der Waals surface area contributed by atoms with Crippen molar-refractivity contribution in [3.05, 3.63) is 27.2 Å². The van der Waals surface area contributed by atoms with E-state index < -0.39 is 0 Å². The molecular weight excluding hydrogens is 237 g/mol. The molecule has 0 aliphatic carbocycles. The third kappa shape index (κ3) is 1.93. The number of rotatable bonds is 1. The van der Waals surface area contributed by atoms with Crippen molar-refractivity contribution in [2.75, 3.05) is 19.0 Å². The largest absolute Gasteiger partial charge is 0.377 e. The Morgan fingerprint density at radius 1 is 1.33 bits per heavy atom. The molecule has 12 heavy (non-hydrogen) atoms. The summed E-state index contributed by atoms with van der Waals surface area (Å²) in [6, 6.07) is 3.98. The molecule has 1 aromatic rings. The Kier molecular flexibility index (Phi) is 3.02. The minimum absolute atomic E-state index is 0.762. The summed E-state index contributed by atoms with van der Waals surface area (Å²) in [7, 11) is 4.03. The van der Waals surface area contributed by atoms with Crippen molar-refractivity contribution in [3.8, 4) is 0 Å². The monoisotopic (exact) mass is 247 g/mol. The fourth-order valence-corrected chi connectivity index (χ4v) is 1.67. The van der Waals surface area contributed by atoms with Crippen LogP contribution >= 0.6 is 27.5 Å². The Bertz CT molecular complexity index is 297. The Labute approximate surface area is 86.5 Å². The molecule has 0 heterocycles. The highest BCUT2D eigenvalue weighted by molar-refractivity contribution is 9.10. The van der Waals surface area contributed by atoms with E-state index in [-0.39, 0.29) is 0 Å². The molecule has 0 amide bonds. The average Bonchev–Trinajstić information content (AvgIpc) is 1.96. The van der Waals surface area contributed by atoms with Crippen LogP contribution in [0.4, 0.5) is 5.69 Å². The standard InChI is InChI=1S/C9H11BrClN/c1-6-4-8(11)7(10)5-9(6)12(2)3/h4-5H,1-3H3. The van der Waals surface area contributed by atoms with Crippen molar-refractivity contribution in [2.45, 2.75) is 6.92 Å². The molecule has 66 valence electrons. The molecule has 0 saturated heterocycles. The molecule has 1 nitrogen and oxygen atoms in total. The molecule has 3 heteroatoms. The lowest BCUT2D eigenvalue weighted by Crippen LogP contribution is -2.10. The zero-order chi connectivity index (χ0) is 9.30. The van der Waals surface area contributed by atoms with Gasteiger partial charge < -0.3 is 4.90 Å². The van der Waals surface area contributed by atoms with E-state index in [0.29, 0.717) is 0 Å². The maximum Gasteiger partial charge on any atom is 0.0552 e. The first kappa shape index (κ1) is 9.87. The zero-order valence-corrected chi connectivity index (χ0v) is 9.70. The zero-order valence-electron chi connectivity index (χ0n) is 7.36. The van der Waals surface area contributed by atoms with Crippen LogP contribution in [0.3, 0.4) is 0 Å². The Morgan fingerprint density at radius 2 is 1.92 bits per heavy atom. The SMILES string of the molecule is Cc1cc(Cl)c(Br)cc1N(C)C. The summed E-state index contributed by atoms with van der Waals surface area (Å²) < 4.78 is 0.943. The van der Waals surface area contributed by atoms with Crippen LogP contribution in [-0.2, 0) is 0 Å². The second kappa shape index (κ2) is 3.67. The van der Waals surface area contributed by atoms with Crippen LogP contribution in [0, 0.1) is 6.92 Å². The van der Waals surface area contributed by atoms with Gasteiger partial charge in [0.2, 0.25) is 0 Å². The average molecular weight is 249 g/mol. The summed E-state index contributed by atoms with van der Waals surface area (Å²) in [6.07, 6.45) is 0. The van der Waals surface area contributed by atoms with Gasteiger partial charge in [0.25, 0.3) is 0 Å². The van der Waals surface area contributed by atoms with Crippen molar-refractivity contribution in [1.82, 2.24) is 0 Å². The number of aryl methyl sites for hydroxylation is 1. The van der Waals surface area contributed by atoms with Crippen molar-refractivity contribution in [1.29, 1.82) is 0 Å². The van der Waals surface area contributed by atoms with Gasteiger partial charge >= 0.3 is 0 Å². The lowest BCUT2D eigenvalue weighted by Gasteiger charge is -2.16. The van der Waals surface area contributed by atoms with Crippen LogP contribution in [-0.4, -0.2) is 14.1 Å². The number of halogens is 2. The summed E-state index contributed by atoms with van der Waals surface area (Å²) in [5.74, 6) is 0. The first-order valence-electron chi connectivity index (χ1n) is 3.65. The maximum absolute atomic E-state index is 5.93. The van der Waals surface area contributed by atoms with Gasteiger partial charge in [0.05, 0.1) is 5.02 Å². The molecule has 0 N–H and O–H groups in total. The molecule has 0 atom stereocenters. The van der Waals surface area contributed by atoms with Gasteiger partial charge in [0.15, 0.2) is 0 Å². The number of hydrogen-bond acceptors (Lipinski definition) is 1. The van der Waals surface area contributed by atoms with E-state index in [2.05, 4.69) is 20.8 Å². The Balaban J connectivity index is 3.23. The topological polar surface area (TPSA) is 3.24 Å². The minimum Gasteiger partial charge on any atom is -0.377 e. The van der Waals surface area contributed by atoms with Crippen molar-refractivity contribution in [2.24, 2.45) is 0 Å². The quantitative estimate of drug-likeness (QED) is 0.735. The highest BCUT2D eigenvalue weighted by Crippen LogP contribution is 2.29. The highest BCUT2D eigenvalue weighted by atomic mass is 79.9. The number of anilines is 1. The van der Waals surface area contributed by atoms with Gasteiger partial charge in [-0.3, -0.25) is 0 Å². The molecule has 0 spiro atoms. The van der Waals surface area contributed by atoms with Crippen LogP contribution in [0.2, 0.25) is 5.02 Å². The summed E-state index contributed by atoms with van der Waals surface area (Å²) in [5, 5.41) is 0.762. The number of benzene rings is 1. The number of nitrogens with zero attached hydrogens (tertiary/aromatic N) is 1. The molecule has 0 saturated carbocycles. The third-order valence-electron chi connectivity index (χ3n) is 1.72. The van der Waals surface area contributed by atoms with Crippen LogP contribution in [0.15, 0.2) is 16.6 Å². The second-order valence-electron chi connectivity index (χ2n) is 2.95. The van der Waals surface area contributed by atoms with Gasteiger partial charge in [-0.15, -0.1) is 0 Å². The summed E-state index contributed by atoms with van der Waals surface area (Å²) in [6.45, 7) is 2.05. The van der Waals surface area contributed by atoms with E-state index in [9.17, 15) is 0 Å². The van der Waals surface area contributed by atoms with Crippen molar-refractivity contribution in [3.63, 3.8) is 0 Å². The summed E-state index contributed by atoms with van der Waals surface area (Å²) in [4.78, 5) is 2.07.